The van der Waals surface area contributed by atoms with Crippen LogP contribution in [0.25, 0.3) is 0 Å². The zero-order chi connectivity index (χ0) is 41.2. The van der Waals surface area contributed by atoms with E-state index in [0.717, 1.165) is 67.4 Å². The van der Waals surface area contributed by atoms with Gasteiger partial charge in [-0.3, -0.25) is 0 Å². The van der Waals surface area contributed by atoms with Crippen LogP contribution in [0.2, 0.25) is 0 Å². The number of nitrogens with zero attached hydrogens (tertiary/aromatic N) is 2. The predicted molar refractivity (Wildman–Crippen MR) is 229 cm³/mol. The molecule has 58 heavy (non-hydrogen) atoms. The van der Waals surface area contributed by atoms with Crippen molar-refractivity contribution < 1.29 is 39.2 Å². The second kappa shape index (κ2) is 23.7. The highest BCUT2D eigenvalue weighted by atomic mass is 16.7. The van der Waals surface area contributed by atoms with Gasteiger partial charge in [0.1, 0.15) is 24.1 Å². The van der Waals surface area contributed by atoms with Crippen molar-refractivity contribution in [3.63, 3.8) is 0 Å². The van der Waals surface area contributed by atoms with E-state index < -0.39 is 23.8 Å². The minimum atomic E-state index is -1.36. The maximum Gasteiger partial charge on any atom is 0.409 e. The summed E-state index contributed by atoms with van der Waals surface area (Å²) in [6.45, 7) is 7.24. The molecule has 320 valence electrons. The van der Waals surface area contributed by atoms with Gasteiger partial charge >= 0.3 is 6.09 Å². The highest BCUT2D eigenvalue weighted by Gasteiger charge is 2.65. The van der Waals surface area contributed by atoms with E-state index >= 15 is 0 Å². The van der Waals surface area contributed by atoms with Crippen LogP contribution in [0.4, 0.5) is 4.79 Å². The van der Waals surface area contributed by atoms with Crippen molar-refractivity contribution in [3.8, 4) is 11.5 Å². The Labute approximate surface area is 347 Å². The number of phenols is 1. The predicted octanol–water partition coefficient (Wildman–Crippen LogP) is 10.2. The van der Waals surface area contributed by atoms with Gasteiger partial charge in [-0.15, -0.1) is 6.58 Å². The fourth-order valence-electron chi connectivity index (χ4n) is 9.47. The summed E-state index contributed by atoms with van der Waals surface area (Å²) in [5.41, 5.74) is 3.54. The zero-order valence-corrected chi connectivity index (χ0v) is 35.2. The van der Waals surface area contributed by atoms with Gasteiger partial charge in [0.25, 0.3) is 0 Å². The first-order valence-corrected chi connectivity index (χ1v) is 22.2. The number of likely N-dealkylation sites (N-methyl/N-ethyl adjacent to an activating group) is 1. The van der Waals surface area contributed by atoms with E-state index in [2.05, 4.69) is 19.6 Å². The number of benzene rings is 2. The molecule has 2 aliphatic carbocycles. The fourth-order valence-corrected chi connectivity index (χ4v) is 9.47. The fraction of sp³-hybridized carbons (Fsp3) is 0.625. The van der Waals surface area contributed by atoms with Gasteiger partial charge in [-0.25, -0.2) is 4.79 Å². The normalized spacial score (nSPS) is 24.0. The molecule has 0 radical (unpaired) electrons. The summed E-state index contributed by atoms with van der Waals surface area (Å²) >= 11 is 0. The summed E-state index contributed by atoms with van der Waals surface area (Å²) in [5.74, 6) is -1.07. The number of hydrogen-bond acceptors (Lipinski definition) is 9. The summed E-state index contributed by atoms with van der Waals surface area (Å²) in [6.07, 6.45) is 20.5. The number of aliphatic hydroxyl groups excluding tert-OH is 2. The third-order valence-corrected chi connectivity index (χ3v) is 12.4. The summed E-state index contributed by atoms with van der Waals surface area (Å²) in [4.78, 5) is 21.8. The molecule has 0 saturated heterocycles. The molecule has 1 aliphatic heterocycles. The van der Waals surface area contributed by atoms with Crippen molar-refractivity contribution in [1.82, 2.24) is 4.90 Å². The number of fused-ring (bicyclic) bond motifs is 2. The van der Waals surface area contributed by atoms with Gasteiger partial charge in [0.05, 0.1) is 24.8 Å². The number of aromatic hydroxyl groups is 1. The lowest BCUT2D eigenvalue weighted by atomic mass is 9.55. The Morgan fingerprint density at radius 2 is 1.62 bits per heavy atom. The average Bonchev–Trinajstić information content (AvgIpc) is 3.23. The van der Waals surface area contributed by atoms with E-state index in [-0.39, 0.29) is 56.4 Å². The largest absolute Gasteiger partial charge is 0.508 e. The van der Waals surface area contributed by atoms with Crippen molar-refractivity contribution in [2.24, 2.45) is 22.9 Å². The van der Waals surface area contributed by atoms with Crippen LogP contribution in [-0.4, -0.2) is 77.3 Å². The minimum Gasteiger partial charge on any atom is -0.508 e. The number of amides is 1. The third kappa shape index (κ3) is 11.7. The second-order valence-corrected chi connectivity index (χ2v) is 16.5. The molecule has 3 aliphatic rings. The molecule has 10 nitrogen and oxygen atoms in total. The number of carbonyl (C=O) groups excluding carboxylic acids is 1. The Bertz CT molecular complexity index is 1610. The Kier molecular flexibility index (Phi) is 18.5. The highest BCUT2D eigenvalue weighted by molar-refractivity contribution is 6.02. The van der Waals surface area contributed by atoms with Gasteiger partial charge in [0.2, 0.25) is 5.79 Å². The van der Waals surface area contributed by atoms with Crippen LogP contribution in [0, 0.1) is 17.8 Å². The van der Waals surface area contributed by atoms with Crippen molar-refractivity contribution >= 4 is 11.8 Å². The Morgan fingerprint density at radius 3 is 2.31 bits per heavy atom. The number of unbranched alkanes of at least 4 members (excludes halogenated alkanes) is 11. The highest BCUT2D eigenvalue weighted by Crippen LogP contribution is 2.61. The molecular formula is C48H70N2O8. The average molecular weight is 803 g/mol. The molecule has 1 amide bonds. The van der Waals surface area contributed by atoms with E-state index in [1.54, 1.807) is 36.2 Å². The lowest BCUT2D eigenvalue weighted by Gasteiger charge is -2.59. The lowest BCUT2D eigenvalue weighted by molar-refractivity contribution is -0.253. The third-order valence-electron chi connectivity index (χ3n) is 12.4. The monoisotopic (exact) mass is 803 g/mol. The molecule has 1 fully saturated rings. The molecule has 5 rings (SSSR count). The van der Waals surface area contributed by atoms with Gasteiger partial charge in [0, 0.05) is 38.2 Å². The molecule has 10 heteroatoms. The Hall–Kier alpha value is -3.86. The van der Waals surface area contributed by atoms with Crippen molar-refractivity contribution in [1.29, 1.82) is 0 Å². The standard InChI is InChI=1S/C48H70N2O8/c1-4-6-7-8-9-10-11-12-13-21-31-55-47(54)50(3)44-34-42(49-57-35-36-22-15-14-16-23-36)40-32-37(24-17-19-28-51)39(25-18-20-29-52)45-41-33-38(53)26-27-43(41)58-48(44,46(40)45)56-30-5-2/h5,14-16,22-23,26-27,32-33,37,39,44-46,51-53H,2,4,6-13,17-21,24-25,28-31,34-35H2,1,3H3. The second-order valence-electron chi connectivity index (χ2n) is 16.5. The quantitative estimate of drug-likeness (QED) is 0.0487. The van der Waals surface area contributed by atoms with Crippen molar-refractivity contribution in [3.05, 3.63) is 84.0 Å². The van der Waals surface area contributed by atoms with Crippen LogP contribution < -0.4 is 4.74 Å². The van der Waals surface area contributed by atoms with Crippen LogP contribution in [0.5, 0.6) is 11.5 Å². The molecule has 0 bridgehead atoms. The molecule has 1 heterocycles. The molecule has 2 aromatic rings. The van der Waals surface area contributed by atoms with Gasteiger partial charge in [-0.2, -0.15) is 0 Å². The van der Waals surface area contributed by atoms with E-state index in [0.29, 0.717) is 25.2 Å². The molecule has 3 N–H and O–H groups in total. The van der Waals surface area contributed by atoms with Gasteiger partial charge in [-0.05, 0) is 73.3 Å². The number of allylic oxidation sites excluding steroid dienone is 1. The van der Waals surface area contributed by atoms with Crippen LogP contribution in [0.1, 0.15) is 133 Å². The molecule has 2 aromatic carbocycles. The SMILES string of the molecule is C=CCOC12Oc3ccc(O)cc3C3C(CCCCO)C(CCCCO)C=C(C(=NOCc4ccccc4)CC1N(C)C(=O)OCCCCCCCCCCCC)C32. The smallest absolute Gasteiger partial charge is 0.409 e. The molecule has 6 unspecified atom stereocenters. The van der Waals surface area contributed by atoms with Crippen LogP contribution >= 0.6 is 0 Å². The zero-order valence-electron chi connectivity index (χ0n) is 35.2. The summed E-state index contributed by atoms with van der Waals surface area (Å²) in [6, 6.07) is 14.5. The van der Waals surface area contributed by atoms with Crippen molar-refractivity contribution in [2.75, 3.05) is 33.5 Å². The number of oxime groups is 1. The number of phenolic OH excluding ortho intramolecular Hbond substituents is 1. The topological polar surface area (TPSA) is 130 Å². The number of aliphatic hydroxyl groups is 2. The van der Waals surface area contributed by atoms with E-state index in [9.17, 15) is 20.1 Å². The first-order valence-electron chi connectivity index (χ1n) is 22.2. The molecule has 6 atom stereocenters. The van der Waals surface area contributed by atoms with E-state index in [4.69, 9.17) is 24.2 Å². The van der Waals surface area contributed by atoms with Gasteiger partial charge in [0.15, 0.2) is 0 Å². The Morgan fingerprint density at radius 1 is 0.931 bits per heavy atom. The maximum absolute atomic E-state index is 14.1. The van der Waals surface area contributed by atoms with E-state index in [1.165, 1.54) is 44.9 Å². The first-order chi connectivity index (χ1) is 28.4. The van der Waals surface area contributed by atoms with E-state index in [1.807, 2.05) is 30.3 Å². The number of ether oxygens (including phenoxy) is 3. The molecule has 0 spiro atoms. The minimum absolute atomic E-state index is 0.0778. The molecule has 0 aromatic heterocycles. The Balaban J connectivity index is 1.49. The summed E-state index contributed by atoms with van der Waals surface area (Å²) in [5, 5.41) is 35.4. The van der Waals surface area contributed by atoms with Crippen LogP contribution in [0.3, 0.4) is 0 Å². The van der Waals surface area contributed by atoms with Gasteiger partial charge < -0.3 is 39.3 Å². The summed E-state index contributed by atoms with van der Waals surface area (Å²) < 4.78 is 20.0. The maximum atomic E-state index is 14.1. The van der Waals surface area contributed by atoms with Crippen LogP contribution in [0.15, 0.2) is 78.0 Å². The number of carbonyl (C=O) groups is 1. The lowest BCUT2D eigenvalue weighted by Crippen LogP contribution is -2.69. The first kappa shape index (κ1) is 45.2. The van der Waals surface area contributed by atoms with Crippen LogP contribution in [-0.2, 0) is 20.9 Å². The number of hydrogen-bond donors (Lipinski definition) is 3. The van der Waals surface area contributed by atoms with Gasteiger partial charge in [-0.1, -0.05) is 125 Å². The molecular weight excluding hydrogens is 733 g/mol. The number of rotatable bonds is 26. The summed E-state index contributed by atoms with van der Waals surface area (Å²) in [7, 11) is 1.76. The van der Waals surface area contributed by atoms with Crippen molar-refractivity contribution in [2.45, 2.75) is 140 Å². The molecule has 1 saturated carbocycles.